The Hall–Kier alpha value is -6.29. The minimum atomic E-state index is -0.495. The molecule has 10 nitrogen and oxygen atoms in total. The molecule has 4 aromatic carbocycles. The fourth-order valence-electron chi connectivity index (χ4n) is 6.40. The van der Waals surface area contributed by atoms with Gasteiger partial charge in [0.25, 0.3) is 0 Å². The number of ether oxygens (including phenoxy) is 6. The highest BCUT2D eigenvalue weighted by molar-refractivity contribution is 5.92. The molecule has 0 aliphatic heterocycles. The molecule has 0 saturated heterocycles. The molecule has 1 aromatic heterocycles. The standard InChI is InChI=1S/C51H59NO9/c1-5-7-9-11-13-15-33-57-43-27-21-40(22-28-43)50(53)59-46-31-19-38(35-48(46)55-3)17-25-42-37-45(61-52-42)26-18-39-20-32-47(49(36-39)56-4)60-51(54)41-23-29-44(30-24-41)58-34-16-14-12-10-8-6-2/h17-32,35-37H,5-16,33-34H2,1-4H3/b25-17-,26-18+. The van der Waals surface area contributed by atoms with Gasteiger partial charge in [-0.15, -0.1) is 0 Å². The van der Waals surface area contributed by atoms with Gasteiger partial charge in [-0.2, -0.15) is 0 Å². The summed E-state index contributed by atoms with van der Waals surface area (Å²) in [5.74, 6) is 2.42. The van der Waals surface area contributed by atoms with Gasteiger partial charge in [0.2, 0.25) is 0 Å². The van der Waals surface area contributed by atoms with Crippen molar-refractivity contribution in [1.82, 2.24) is 5.16 Å². The smallest absolute Gasteiger partial charge is 0.343 e. The van der Waals surface area contributed by atoms with Crippen LogP contribution in [0, 0.1) is 0 Å². The monoisotopic (exact) mass is 829 g/mol. The lowest BCUT2D eigenvalue weighted by atomic mass is 10.1. The molecule has 1 heterocycles. The van der Waals surface area contributed by atoms with Crippen LogP contribution in [0.15, 0.2) is 95.5 Å². The minimum absolute atomic E-state index is 0.303. The summed E-state index contributed by atoms with van der Waals surface area (Å²) < 4.78 is 39.6. The number of hydrogen-bond acceptors (Lipinski definition) is 10. The molecule has 61 heavy (non-hydrogen) atoms. The number of rotatable bonds is 26. The maximum absolute atomic E-state index is 12.9. The molecule has 0 bridgehead atoms. The molecule has 0 spiro atoms. The molecule has 0 unspecified atom stereocenters. The second kappa shape index (κ2) is 25.4. The Labute approximate surface area is 360 Å². The topological polar surface area (TPSA) is 116 Å². The lowest BCUT2D eigenvalue weighted by Gasteiger charge is -2.11. The van der Waals surface area contributed by atoms with Crippen molar-refractivity contribution in [2.75, 3.05) is 27.4 Å². The van der Waals surface area contributed by atoms with Crippen LogP contribution in [0.5, 0.6) is 34.5 Å². The van der Waals surface area contributed by atoms with E-state index in [2.05, 4.69) is 19.0 Å². The van der Waals surface area contributed by atoms with Crippen LogP contribution in [-0.2, 0) is 0 Å². The average molecular weight is 830 g/mol. The third kappa shape index (κ3) is 15.4. The van der Waals surface area contributed by atoms with Crippen molar-refractivity contribution in [3.8, 4) is 34.5 Å². The van der Waals surface area contributed by atoms with Crippen LogP contribution in [0.1, 0.15) is 134 Å². The van der Waals surface area contributed by atoms with Gasteiger partial charge in [0.1, 0.15) is 17.2 Å². The number of aromatic nitrogens is 1. The Morgan fingerprint density at radius 3 is 1.41 bits per heavy atom. The van der Waals surface area contributed by atoms with E-state index >= 15 is 0 Å². The SMILES string of the molecule is CCCCCCCCOc1ccc(C(=O)Oc2ccc(/C=C\c3cc(/C=C/c4ccc(OC(=O)c5ccc(OCCCCCCCC)cc5)c(OC)c4)on3)cc2OC)cc1. The minimum Gasteiger partial charge on any atom is -0.494 e. The van der Waals surface area contributed by atoms with Gasteiger partial charge in [-0.3, -0.25) is 0 Å². The third-order valence-electron chi connectivity index (χ3n) is 9.93. The first-order valence-electron chi connectivity index (χ1n) is 21.5. The van der Waals surface area contributed by atoms with Gasteiger partial charge in [-0.1, -0.05) is 107 Å². The molecule has 0 amide bonds. The number of benzene rings is 4. The fraction of sp³-hybridized carbons (Fsp3) is 0.353. The van der Waals surface area contributed by atoms with Crippen molar-refractivity contribution in [2.45, 2.75) is 90.9 Å². The number of unbranched alkanes of at least 4 members (excludes halogenated alkanes) is 10. The van der Waals surface area contributed by atoms with Crippen LogP contribution in [0.4, 0.5) is 0 Å². The van der Waals surface area contributed by atoms with E-state index in [-0.39, 0.29) is 0 Å². The zero-order valence-electron chi connectivity index (χ0n) is 36.0. The Balaban J connectivity index is 1.09. The van der Waals surface area contributed by atoms with Crippen molar-refractivity contribution in [3.05, 3.63) is 125 Å². The molecule has 0 atom stereocenters. The van der Waals surface area contributed by atoms with E-state index in [9.17, 15) is 9.59 Å². The largest absolute Gasteiger partial charge is 0.494 e. The molecule has 0 aliphatic rings. The summed E-state index contributed by atoms with van der Waals surface area (Å²) in [6, 6.07) is 26.3. The maximum atomic E-state index is 12.9. The van der Waals surface area contributed by atoms with E-state index < -0.39 is 11.9 Å². The van der Waals surface area contributed by atoms with Gasteiger partial charge in [-0.05, 0) is 109 Å². The van der Waals surface area contributed by atoms with Crippen LogP contribution >= 0.6 is 0 Å². The van der Waals surface area contributed by atoms with Crippen LogP contribution in [0.3, 0.4) is 0 Å². The van der Waals surface area contributed by atoms with Gasteiger partial charge < -0.3 is 32.9 Å². The van der Waals surface area contributed by atoms with Crippen molar-refractivity contribution in [3.63, 3.8) is 0 Å². The van der Waals surface area contributed by atoms with Gasteiger partial charge >= 0.3 is 11.9 Å². The van der Waals surface area contributed by atoms with E-state index in [1.807, 2.05) is 24.3 Å². The molecule has 0 fully saturated rings. The lowest BCUT2D eigenvalue weighted by molar-refractivity contribution is 0.0720. The summed E-state index contributed by atoms with van der Waals surface area (Å²) in [5, 5.41) is 4.15. The van der Waals surface area contributed by atoms with Gasteiger partial charge in [0, 0.05) is 6.07 Å². The van der Waals surface area contributed by atoms with Crippen molar-refractivity contribution in [2.24, 2.45) is 0 Å². The molecule has 5 aromatic rings. The molecule has 5 rings (SSSR count). The first-order valence-corrected chi connectivity index (χ1v) is 21.5. The molecule has 322 valence electrons. The third-order valence-corrected chi connectivity index (χ3v) is 9.93. The zero-order valence-corrected chi connectivity index (χ0v) is 36.0. The predicted octanol–water partition coefficient (Wildman–Crippen LogP) is 12.9. The highest BCUT2D eigenvalue weighted by Gasteiger charge is 2.15. The summed E-state index contributed by atoms with van der Waals surface area (Å²) in [4.78, 5) is 25.9. The van der Waals surface area contributed by atoms with Crippen LogP contribution in [0.25, 0.3) is 24.3 Å². The highest BCUT2D eigenvalue weighted by Crippen LogP contribution is 2.31. The Bertz CT molecular complexity index is 2000. The first kappa shape index (κ1) is 45.8. The number of carbonyl (C=O) groups is 2. The second-order valence-corrected chi connectivity index (χ2v) is 14.7. The van der Waals surface area contributed by atoms with E-state index in [1.165, 1.54) is 65.6 Å². The van der Waals surface area contributed by atoms with Crippen LogP contribution in [0.2, 0.25) is 0 Å². The first-order chi connectivity index (χ1) is 29.9. The molecule has 0 aliphatic carbocycles. The molecular weight excluding hydrogens is 771 g/mol. The number of hydrogen-bond donors (Lipinski definition) is 0. The summed E-state index contributed by atoms with van der Waals surface area (Å²) in [7, 11) is 3.05. The molecule has 0 saturated carbocycles. The summed E-state index contributed by atoms with van der Waals surface area (Å²) in [6.45, 7) is 5.74. The van der Waals surface area contributed by atoms with Crippen molar-refractivity contribution >= 4 is 36.2 Å². The summed E-state index contributed by atoms with van der Waals surface area (Å²) >= 11 is 0. The number of nitrogens with zero attached hydrogens (tertiary/aromatic N) is 1. The second-order valence-electron chi connectivity index (χ2n) is 14.7. The molecule has 0 radical (unpaired) electrons. The van der Waals surface area contributed by atoms with Crippen molar-refractivity contribution < 1.29 is 42.5 Å². The highest BCUT2D eigenvalue weighted by atomic mass is 16.6. The van der Waals surface area contributed by atoms with Gasteiger partial charge in [0.05, 0.1) is 38.6 Å². The maximum Gasteiger partial charge on any atom is 0.343 e. The number of methoxy groups -OCH3 is 2. The van der Waals surface area contributed by atoms with E-state index in [1.54, 1.807) is 91.0 Å². The summed E-state index contributed by atoms with van der Waals surface area (Å²) in [6.07, 6.45) is 21.7. The van der Waals surface area contributed by atoms with E-state index in [0.29, 0.717) is 58.8 Å². The van der Waals surface area contributed by atoms with Gasteiger partial charge in [0.15, 0.2) is 28.8 Å². The Morgan fingerprint density at radius 1 is 0.508 bits per heavy atom. The predicted molar refractivity (Wildman–Crippen MR) is 241 cm³/mol. The van der Waals surface area contributed by atoms with Crippen molar-refractivity contribution in [1.29, 1.82) is 0 Å². The number of carbonyl (C=O) groups excluding carboxylic acids is 2. The van der Waals surface area contributed by atoms with E-state index in [0.717, 1.165) is 48.3 Å². The van der Waals surface area contributed by atoms with Crippen LogP contribution < -0.4 is 28.4 Å². The molecule has 10 heteroatoms. The van der Waals surface area contributed by atoms with E-state index in [4.69, 9.17) is 32.9 Å². The average Bonchev–Trinajstić information content (AvgIpc) is 3.75. The Morgan fingerprint density at radius 2 is 0.951 bits per heavy atom. The lowest BCUT2D eigenvalue weighted by Crippen LogP contribution is -2.09. The van der Waals surface area contributed by atoms with Crippen LogP contribution in [-0.4, -0.2) is 44.5 Å². The zero-order chi connectivity index (χ0) is 43.1. The number of esters is 2. The quantitative estimate of drug-likeness (QED) is 0.0303. The summed E-state index contributed by atoms with van der Waals surface area (Å²) in [5.41, 5.74) is 3.03. The fourth-order valence-corrected chi connectivity index (χ4v) is 6.40. The Kier molecular flexibility index (Phi) is 19.0. The molecule has 0 N–H and O–H groups in total. The van der Waals surface area contributed by atoms with Gasteiger partial charge in [-0.25, -0.2) is 9.59 Å². The molecular formula is C51H59NO9. The normalized spacial score (nSPS) is 11.2.